The second-order valence-electron chi connectivity index (χ2n) is 7.77. The van der Waals surface area contributed by atoms with Crippen molar-refractivity contribution in [3.05, 3.63) is 94.5 Å². The van der Waals surface area contributed by atoms with E-state index in [1.54, 1.807) is 54.6 Å². The van der Waals surface area contributed by atoms with Gasteiger partial charge in [-0.25, -0.2) is 21.6 Å². The summed E-state index contributed by atoms with van der Waals surface area (Å²) < 4.78 is 55.6. The van der Waals surface area contributed by atoms with Crippen LogP contribution >= 0.6 is 15.9 Å². The van der Waals surface area contributed by atoms with E-state index < -0.39 is 32.5 Å². The summed E-state index contributed by atoms with van der Waals surface area (Å²) in [4.78, 5) is 12.8. The highest BCUT2D eigenvalue weighted by Gasteiger charge is 2.26. The van der Waals surface area contributed by atoms with E-state index in [4.69, 9.17) is 0 Å². The van der Waals surface area contributed by atoms with Crippen molar-refractivity contribution in [2.24, 2.45) is 0 Å². The first kappa shape index (κ1) is 27.0. The van der Waals surface area contributed by atoms with Crippen LogP contribution in [0.1, 0.15) is 11.1 Å². The van der Waals surface area contributed by atoms with Gasteiger partial charge in [0.25, 0.3) is 0 Å². The van der Waals surface area contributed by atoms with Crippen molar-refractivity contribution in [1.82, 2.24) is 14.3 Å². The molecule has 0 aliphatic heterocycles. The molecule has 0 aliphatic rings. The third-order valence-electron chi connectivity index (χ3n) is 5.04. The largest absolute Gasteiger partial charge is 0.354 e. The number of amides is 1. The summed E-state index contributed by atoms with van der Waals surface area (Å²) in [5.41, 5.74) is 1.65. The van der Waals surface area contributed by atoms with E-state index in [2.05, 4.69) is 26.0 Å². The number of carbonyl (C=O) groups excluding carboxylic acids is 1. The number of hydrogen-bond acceptors (Lipinski definition) is 5. The number of rotatable bonds is 11. The molecule has 3 aromatic rings. The van der Waals surface area contributed by atoms with Crippen LogP contribution in [-0.4, -0.2) is 46.7 Å². The topological polar surface area (TPSA) is 113 Å². The fourth-order valence-electron chi connectivity index (χ4n) is 3.16. The highest BCUT2D eigenvalue weighted by molar-refractivity contribution is 9.10. The van der Waals surface area contributed by atoms with Gasteiger partial charge < -0.3 is 5.32 Å². The van der Waals surface area contributed by atoms with Gasteiger partial charge in [-0.15, -0.1) is 0 Å². The van der Waals surface area contributed by atoms with Gasteiger partial charge in [-0.05, 0) is 48.9 Å². The van der Waals surface area contributed by atoms with Gasteiger partial charge in [0.05, 0.1) is 16.3 Å². The van der Waals surface area contributed by atoms with Crippen molar-refractivity contribution in [2.75, 3.05) is 19.6 Å². The van der Waals surface area contributed by atoms with Crippen molar-refractivity contribution in [3.8, 4) is 0 Å². The molecule has 0 aliphatic carbocycles. The predicted molar refractivity (Wildman–Crippen MR) is 138 cm³/mol. The number of carbonyl (C=O) groups is 1. The van der Waals surface area contributed by atoms with Crippen molar-refractivity contribution in [3.63, 3.8) is 0 Å². The molecule has 2 N–H and O–H groups in total. The summed E-state index contributed by atoms with van der Waals surface area (Å²) in [6.07, 6.45) is 0. The number of nitrogens with zero attached hydrogens (tertiary/aromatic N) is 1. The summed E-state index contributed by atoms with van der Waals surface area (Å²) in [7, 11) is -7.66. The molecule has 0 saturated carbocycles. The molecule has 0 saturated heterocycles. The van der Waals surface area contributed by atoms with E-state index in [1.807, 2.05) is 6.92 Å². The van der Waals surface area contributed by atoms with Gasteiger partial charge >= 0.3 is 0 Å². The minimum atomic E-state index is -3.95. The summed E-state index contributed by atoms with van der Waals surface area (Å²) in [5.74, 6) is -0.545. The lowest BCUT2D eigenvalue weighted by molar-refractivity contribution is -0.121. The molecule has 3 aromatic carbocycles. The highest BCUT2D eigenvalue weighted by Crippen LogP contribution is 2.19. The van der Waals surface area contributed by atoms with Gasteiger partial charge in [-0.3, -0.25) is 4.79 Å². The van der Waals surface area contributed by atoms with E-state index in [0.717, 1.165) is 14.3 Å². The molecule has 8 nitrogen and oxygen atoms in total. The Balaban J connectivity index is 1.64. The van der Waals surface area contributed by atoms with Crippen LogP contribution in [0.15, 0.2) is 93.1 Å². The average molecular weight is 581 g/mol. The van der Waals surface area contributed by atoms with Crippen molar-refractivity contribution >= 4 is 41.9 Å². The van der Waals surface area contributed by atoms with Crippen LogP contribution in [-0.2, 0) is 31.4 Å². The monoisotopic (exact) mass is 579 g/mol. The first-order valence-electron chi connectivity index (χ1n) is 10.7. The molecule has 35 heavy (non-hydrogen) atoms. The van der Waals surface area contributed by atoms with Crippen LogP contribution in [0, 0.1) is 6.92 Å². The average Bonchev–Trinajstić information content (AvgIpc) is 2.83. The van der Waals surface area contributed by atoms with Crippen LogP contribution in [0.2, 0.25) is 0 Å². The molecular weight excluding hydrogens is 554 g/mol. The van der Waals surface area contributed by atoms with Crippen LogP contribution in [0.5, 0.6) is 0 Å². The Kier molecular flexibility index (Phi) is 9.20. The third kappa shape index (κ3) is 7.71. The summed E-state index contributed by atoms with van der Waals surface area (Å²) >= 11 is 3.35. The Bertz CT molecular complexity index is 1350. The zero-order valence-electron chi connectivity index (χ0n) is 19.0. The molecular formula is C24H26BrN3O5S2. The van der Waals surface area contributed by atoms with Crippen molar-refractivity contribution in [2.45, 2.75) is 23.3 Å². The Labute approximate surface area is 214 Å². The molecule has 0 radical (unpaired) electrons. The first-order chi connectivity index (χ1) is 16.6. The standard InChI is InChI=1S/C24H26BrN3O5S2/c1-19-7-13-22(14-8-19)34(30,31)27-16-15-26-24(29)18-28(17-20-9-11-21(25)12-10-20)35(32,33)23-5-3-2-4-6-23/h2-14,27H,15-18H2,1H3,(H,26,29). The number of hydrogen-bond donors (Lipinski definition) is 2. The second kappa shape index (κ2) is 11.9. The third-order valence-corrected chi connectivity index (χ3v) is 8.86. The molecule has 3 rings (SSSR count). The van der Waals surface area contributed by atoms with Crippen molar-refractivity contribution < 1.29 is 21.6 Å². The molecule has 0 bridgehead atoms. The molecule has 0 spiro atoms. The smallest absolute Gasteiger partial charge is 0.243 e. The fraction of sp³-hybridized carbons (Fsp3) is 0.208. The number of benzene rings is 3. The molecule has 0 heterocycles. The van der Waals surface area contributed by atoms with Crippen LogP contribution in [0.3, 0.4) is 0 Å². The molecule has 0 aromatic heterocycles. The van der Waals surface area contributed by atoms with Gasteiger partial charge in [0.2, 0.25) is 26.0 Å². The maximum absolute atomic E-state index is 13.2. The second-order valence-corrected chi connectivity index (χ2v) is 12.4. The molecule has 186 valence electrons. The fourth-order valence-corrected chi connectivity index (χ4v) is 5.87. The van der Waals surface area contributed by atoms with Crippen LogP contribution in [0.25, 0.3) is 0 Å². The maximum Gasteiger partial charge on any atom is 0.243 e. The van der Waals surface area contributed by atoms with Gasteiger partial charge in [0, 0.05) is 24.1 Å². The van der Waals surface area contributed by atoms with E-state index >= 15 is 0 Å². The summed E-state index contributed by atoms with van der Waals surface area (Å²) in [5, 5.41) is 2.59. The lowest BCUT2D eigenvalue weighted by atomic mass is 10.2. The van der Waals surface area contributed by atoms with E-state index in [1.165, 1.54) is 24.3 Å². The molecule has 0 unspecified atom stereocenters. The van der Waals surface area contributed by atoms with Crippen molar-refractivity contribution in [1.29, 1.82) is 0 Å². The Morgan fingerprint density at radius 2 is 1.46 bits per heavy atom. The quantitative estimate of drug-likeness (QED) is 0.339. The van der Waals surface area contributed by atoms with Gasteiger partial charge in [0.15, 0.2) is 0 Å². The summed E-state index contributed by atoms with van der Waals surface area (Å²) in [6.45, 7) is 1.40. The van der Waals surface area contributed by atoms with E-state index in [0.29, 0.717) is 5.56 Å². The number of sulfonamides is 2. The zero-order valence-corrected chi connectivity index (χ0v) is 22.2. The Morgan fingerprint density at radius 1 is 0.829 bits per heavy atom. The van der Waals surface area contributed by atoms with Crippen LogP contribution in [0.4, 0.5) is 0 Å². The minimum absolute atomic E-state index is 0.00142. The Hall–Kier alpha value is -2.57. The van der Waals surface area contributed by atoms with Gasteiger partial charge in [-0.2, -0.15) is 4.31 Å². The van der Waals surface area contributed by atoms with Gasteiger partial charge in [0.1, 0.15) is 0 Å². The van der Waals surface area contributed by atoms with Crippen LogP contribution < -0.4 is 10.0 Å². The normalized spacial score (nSPS) is 12.0. The van der Waals surface area contributed by atoms with E-state index in [9.17, 15) is 21.6 Å². The van der Waals surface area contributed by atoms with Gasteiger partial charge in [-0.1, -0.05) is 64.0 Å². The SMILES string of the molecule is Cc1ccc(S(=O)(=O)NCCNC(=O)CN(Cc2ccc(Br)cc2)S(=O)(=O)c2ccccc2)cc1. The zero-order chi connectivity index (χ0) is 25.5. The molecule has 11 heteroatoms. The maximum atomic E-state index is 13.2. The number of halogens is 1. The first-order valence-corrected chi connectivity index (χ1v) is 14.4. The highest BCUT2D eigenvalue weighted by atomic mass is 79.9. The molecule has 1 amide bonds. The number of aryl methyl sites for hydroxylation is 1. The number of nitrogens with one attached hydrogen (secondary N) is 2. The lowest BCUT2D eigenvalue weighted by Gasteiger charge is -2.22. The summed E-state index contributed by atoms with van der Waals surface area (Å²) in [6, 6.07) is 21.4. The molecule has 0 fully saturated rings. The predicted octanol–water partition coefficient (Wildman–Crippen LogP) is 3.04. The minimum Gasteiger partial charge on any atom is -0.354 e. The Morgan fingerprint density at radius 3 is 2.09 bits per heavy atom. The molecule has 0 atom stereocenters. The lowest BCUT2D eigenvalue weighted by Crippen LogP contribution is -2.42. The van der Waals surface area contributed by atoms with E-state index in [-0.39, 0.29) is 29.4 Å².